The van der Waals surface area contributed by atoms with Crippen LogP contribution in [-0.4, -0.2) is 24.9 Å². The van der Waals surface area contributed by atoms with Crippen LogP contribution in [0.2, 0.25) is 0 Å². The fraction of sp³-hybridized carbons (Fsp3) is 0.125. The van der Waals surface area contributed by atoms with Crippen LogP contribution in [0.15, 0.2) is 89.7 Å². The second-order valence-electron chi connectivity index (χ2n) is 7.63. The minimum absolute atomic E-state index is 0.0127. The molecule has 4 aromatic rings. The zero-order chi connectivity index (χ0) is 22.8. The van der Waals surface area contributed by atoms with Crippen molar-refractivity contribution < 1.29 is 9.34 Å². The molecule has 1 aliphatic rings. The Morgan fingerprint density at radius 1 is 1.09 bits per heavy atom. The lowest BCUT2D eigenvalue weighted by Crippen LogP contribution is -2.29. The molecule has 1 fully saturated rings. The molecule has 1 aliphatic heterocycles. The van der Waals surface area contributed by atoms with Crippen molar-refractivity contribution in [2.45, 2.75) is 18.6 Å². The number of pyridine rings is 2. The zero-order valence-corrected chi connectivity index (χ0v) is 18.2. The first-order chi connectivity index (χ1) is 16.1. The summed E-state index contributed by atoms with van der Waals surface area (Å²) >= 11 is 5.69. The minimum atomic E-state index is -0.417. The number of hydrogen-bond donors (Lipinski definition) is 1. The first-order valence-electron chi connectivity index (χ1n) is 10.3. The van der Waals surface area contributed by atoms with Gasteiger partial charge in [-0.05, 0) is 48.1 Å². The van der Waals surface area contributed by atoms with Gasteiger partial charge in [-0.1, -0.05) is 24.3 Å². The van der Waals surface area contributed by atoms with Crippen LogP contribution in [0.3, 0.4) is 0 Å². The predicted molar refractivity (Wildman–Crippen MR) is 126 cm³/mol. The van der Waals surface area contributed by atoms with Gasteiger partial charge in [0.1, 0.15) is 17.6 Å². The van der Waals surface area contributed by atoms with Crippen molar-refractivity contribution in [3.8, 4) is 11.3 Å². The lowest BCUT2D eigenvalue weighted by atomic mass is 10.0. The third kappa shape index (κ3) is 4.18. The first-order valence-corrected chi connectivity index (χ1v) is 10.7. The highest BCUT2D eigenvalue weighted by molar-refractivity contribution is 7.80. The van der Waals surface area contributed by atoms with Crippen LogP contribution in [0, 0.1) is 10.1 Å². The standard InChI is InChI=1S/C24H19N5O3S/c30-29(31)18-7-3-6-17(13-18)20-9-10-21(32-20)23-22(19-8-1-2-12-26-19)27-24(33)28(23)15-16-5-4-11-25-14-16/h1-14,22-23H,15H2,(H,27,33)/t22-,23-/m1/s1. The maximum atomic E-state index is 11.2. The van der Waals surface area contributed by atoms with E-state index < -0.39 is 4.92 Å². The third-order valence-electron chi connectivity index (χ3n) is 5.53. The van der Waals surface area contributed by atoms with Gasteiger partial charge in [0, 0.05) is 42.8 Å². The highest BCUT2D eigenvalue weighted by atomic mass is 32.1. The summed E-state index contributed by atoms with van der Waals surface area (Å²) in [6.07, 6.45) is 5.29. The van der Waals surface area contributed by atoms with Crippen molar-refractivity contribution in [3.63, 3.8) is 0 Å². The van der Waals surface area contributed by atoms with Crippen molar-refractivity contribution >= 4 is 23.0 Å². The van der Waals surface area contributed by atoms with Gasteiger partial charge in [0.2, 0.25) is 0 Å². The summed E-state index contributed by atoms with van der Waals surface area (Å²) < 4.78 is 6.25. The molecule has 2 atom stereocenters. The number of rotatable bonds is 6. The van der Waals surface area contributed by atoms with Crippen LogP contribution in [0.1, 0.15) is 29.1 Å². The van der Waals surface area contributed by atoms with Gasteiger partial charge in [0.25, 0.3) is 5.69 Å². The van der Waals surface area contributed by atoms with E-state index in [1.54, 1.807) is 24.5 Å². The molecule has 5 rings (SSSR count). The number of non-ortho nitro benzene ring substituents is 1. The summed E-state index contributed by atoms with van der Waals surface area (Å²) in [7, 11) is 0. The van der Waals surface area contributed by atoms with Crippen LogP contribution in [-0.2, 0) is 6.54 Å². The molecule has 3 aromatic heterocycles. The van der Waals surface area contributed by atoms with Gasteiger partial charge < -0.3 is 14.6 Å². The molecule has 1 N–H and O–H groups in total. The topological polar surface area (TPSA) is 97.3 Å². The fourth-order valence-corrected chi connectivity index (χ4v) is 4.32. The second kappa shape index (κ2) is 8.79. The monoisotopic (exact) mass is 457 g/mol. The molecule has 0 radical (unpaired) electrons. The van der Waals surface area contributed by atoms with Crippen molar-refractivity contribution in [1.29, 1.82) is 0 Å². The molecule has 33 heavy (non-hydrogen) atoms. The van der Waals surface area contributed by atoms with E-state index in [2.05, 4.69) is 20.2 Å². The maximum absolute atomic E-state index is 11.2. The molecular weight excluding hydrogens is 438 g/mol. The van der Waals surface area contributed by atoms with Crippen molar-refractivity contribution in [1.82, 2.24) is 20.2 Å². The third-order valence-corrected chi connectivity index (χ3v) is 5.89. The van der Waals surface area contributed by atoms with Crippen LogP contribution in [0.25, 0.3) is 11.3 Å². The van der Waals surface area contributed by atoms with E-state index in [0.717, 1.165) is 11.3 Å². The molecule has 0 spiro atoms. The number of thiocarbonyl (C=S) groups is 1. The van der Waals surface area contributed by atoms with Gasteiger partial charge in [-0.3, -0.25) is 20.1 Å². The van der Waals surface area contributed by atoms with Crippen molar-refractivity contribution in [2.75, 3.05) is 0 Å². The SMILES string of the molecule is O=[N+]([O-])c1cccc(-c2ccc([C@@H]3[C@@H](c4ccccn4)NC(=S)N3Cc3cccnc3)o2)c1. The number of furan rings is 1. The molecule has 1 saturated heterocycles. The Bertz CT molecular complexity index is 1300. The number of nitro groups is 1. The Labute approximate surface area is 195 Å². The molecule has 0 aliphatic carbocycles. The molecule has 1 aromatic carbocycles. The van der Waals surface area contributed by atoms with Crippen LogP contribution in [0.5, 0.6) is 0 Å². The van der Waals surface area contributed by atoms with E-state index in [-0.39, 0.29) is 17.8 Å². The number of nitro benzene ring substituents is 1. The molecule has 0 saturated carbocycles. The lowest BCUT2D eigenvalue weighted by molar-refractivity contribution is -0.384. The average molecular weight is 458 g/mol. The molecule has 164 valence electrons. The van der Waals surface area contributed by atoms with Crippen molar-refractivity contribution in [3.05, 3.63) is 112 Å². The van der Waals surface area contributed by atoms with Crippen LogP contribution in [0.4, 0.5) is 5.69 Å². The van der Waals surface area contributed by atoms with Crippen LogP contribution < -0.4 is 5.32 Å². The van der Waals surface area contributed by atoms with Gasteiger partial charge in [-0.2, -0.15) is 0 Å². The summed E-state index contributed by atoms with van der Waals surface area (Å²) in [5.74, 6) is 1.23. The van der Waals surface area contributed by atoms with Gasteiger partial charge in [0.05, 0.1) is 16.7 Å². The van der Waals surface area contributed by atoms with Crippen LogP contribution >= 0.6 is 12.2 Å². The molecule has 9 heteroatoms. The Balaban J connectivity index is 1.53. The number of aromatic nitrogens is 2. The molecule has 0 amide bonds. The van der Waals surface area contributed by atoms with E-state index in [1.807, 2.05) is 48.7 Å². The van der Waals surface area contributed by atoms with E-state index in [0.29, 0.717) is 28.7 Å². The van der Waals surface area contributed by atoms with Gasteiger partial charge in [-0.25, -0.2) is 0 Å². The lowest BCUT2D eigenvalue weighted by Gasteiger charge is -2.26. The van der Waals surface area contributed by atoms with Crippen molar-refractivity contribution in [2.24, 2.45) is 0 Å². The van der Waals surface area contributed by atoms with Gasteiger partial charge >= 0.3 is 0 Å². The molecule has 0 bridgehead atoms. The predicted octanol–water partition coefficient (Wildman–Crippen LogP) is 4.82. The van der Waals surface area contributed by atoms with E-state index in [4.69, 9.17) is 16.6 Å². The zero-order valence-electron chi connectivity index (χ0n) is 17.4. The summed E-state index contributed by atoms with van der Waals surface area (Å²) in [4.78, 5) is 21.6. The summed E-state index contributed by atoms with van der Waals surface area (Å²) in [5.41, 5.74) is 2.50. The second-order valence-corrected chi connectivity index (χ2v) is 8.01. The number of hydrogen-bond acceptors (Lipinski definition) is 6. The Morgan fingerprint density at radius 2 is 2.00 bits per heavy atom. The highest BCUT2D eigenvalue weighted by Gasteiger charge is 2.41. The quantitative estimate of drug-likeness (QED) is 0.250. The summed E-state index contributed by atoms with van der Waals surface area (Å²) in [5, 5.41) is 15.2. The molecule has 4 heterocycles. The largest absolute Gasteiger partial charge is 0.459 e. The highest BCUT2D eigenvalue weighted by Crippen LogP contribution is 2.41. The number of nitrogens with one attached hydrogen (secondary N) is 1. The van der Waals surface area contributed by atoms with E-state index in [1.165, 1.54) is 12.1 Å². The fourth-order valence-electron chi connectivity index (χ4n) is 4.01. The van der Waals surface area contributed by atoms with E-state index >= 15 is 0 Å². The molecule has 0 unspecified atom stereocenters. The molecule has 8 nitrogen and oxygen atoms in total. The molecular formula is C24H19N5O3S. The number of benzene rings is 1. The normalized spacial score (nSPS) is 17.7. The van der Waals surface area contributed by atoms with E-state index in [9.17, 15) is 10.1 Å². The Hall–Kier alpha value is -4.11. The minimum Gasteiger partial charge on any atom is -0.459 e. The smallest absolute Gasteiger partial charge is 0.270 e. The summed E-state index contributed by atoms with van der Waals surface area (Å²) in [6.45, 7) is 0.542. The average Bonchev–Trinajstić information content (AvgIpc) is 3.45. The maximum Gasteiger partial charge on any atom is 0.270 e. The summed E-state index contributed by atoms with van der Waals surface area (Å²) in [6, 6.07) is 19.3. The Kier molecular flexibility index (Phi) is 5.54. The first kappa shape index (κ1) is 20.8. The Morgan fingerprint density at radius 3 is 2.76 bits per heavy atom. The van der Waals surface area contributed by atoms with Gasteiger partial charge in [-0.15, -0.1) is 0 Å². The number of nitrogens with zero attached hydrogens (tertiary/aromatic N) is 4. The van der Waals surface area contributed by atoms with Gasteiger partial charge in [0.15, 0.2) is 5.11 Å².